The quantitative estimate of drug-likeness (QED) is 0.639. The van der Waals surface area contributed by atoms with E-state index in [0.29, 0.717) is 11.9 Å². The van der Waals surface area contributed by atoms with Gasteiger partial charge in [0.2, 0.25) is 5.91 Å². The number of nitrogens with zero attached hydrogens (tertiary/aromatic N) is 2. The second kappa shape index (κ2) is 14.0. The summed E-state index contributed by atoms with van der Waals surface area (Å²) in [6.07, 6.45) is 5.37. The molecule has 7 heteroatoms. The van der Waals surface area contributed by atoms with E-state index in [1.807, 2.05) is 6.92 Å². The molecule has 25 heavy (non-hydrogen) atoms. The molecule has 2 heterocycles. The zero-order valence-corrected chi connectivity index (χ0v) is 17.5. The summed E-state index contributed by atoms with van der Waals surface area (Å²) in [6.45, 7) is 11.8. The van der Waals surface area contributed by atoms with Crippen LogP contribution in [0.4, 0.5) is 0 Å². The van der Waals surface area contributed by atoms with E-state index in [0.717, 1.165) is 77.7 Å². The molecule has 1 amide bonds. The van der Waals surface area contributed by atoms with Gasteiger partial charge in [0.05, 0.1) is 6.61 Å². The number of hydrogen-bond acceptors (Lipinski definition) is 4. The van der Waals surface area contributed by atoms with Gasteiger partial charge in [-0.2, -0.15) is 0 Å². The third-order valence-electron chi connectivity index (χ3n) is 5.38. The zero-order chi connectivity index (χ0) is 16.5. The van der Waals surface area contributed by atoms with Crippen molar-refractivity contribution in [3.8, 4) is 0 Å². The number of carbonyl (C=O) groups excluding carboxylic acids is 1. The minimum atomic E-state index is 0. The summed E-state index contributed by atoms with van der Waals surface area (Å²) in [5, 5.41) is 3.39. The first-order chi connectivity index (χ1) is 11.2. The van der Waals surface area contributed by atoms with Gasteiger partial charge in [0.15, 0.2) is 0 Å². The average molecular weight is 398 g/mol. The first-order valence-electron chi connectivity index (χ1n) is 9.54. The van der Waals surface area contributed by atoms with E-state index in [1.54, 1.807) is 0 Å². The Labute approximate surface area is 166 Å². The summed E-state index contributed by atoms with van der Waals surface area (Å²) in [5.41, 5.74) is 0. The van der Waals surface area contributed by atoms with Gasteiger partial charge in [0.1, 0.15) is 0 Å². The fourth-order valence-electron chi connectivity index (χ4n) is 3.78. The maximum Gasteiger partial charge on any atom is 0.222 e. The molecule has 2 aliphatic rings. The van der Waals surface area contributed by atoms with Gasteiger partial charge in [0.25, 0.3) is 0 Å². The number of halogens is 2. The highest BCUT2D eigenvalue weighted by atomic mass is 35.5. The van der Waals surface area contributed by atoms with Crippen LogP contribution in [0.1, 0.15) is 46.0 Å². The van der Waals surface area contributed by atoms with E-state index in [9.17, 15) is 4.79 Å². The van der Waals surface area contributed by atoms with E-state index in [1.165, 1.54) is 12.8 Å². The lowest BCUT2D eigenvalue weighted by Crippen LogP contribution is -2.55. The van der Waals surface area contributed by atoms with Crippen molar-refractivity contribution in [1.29, 1.82) is 0 Å². The van der Waals surface area contributed by atoms with Gasteiger partial charge in [-0.1, -0.05) is 6.92 Å². The van der Waals surface area contributed by atoms with Gasteiger partial charge in [-0.15, -0.1) is 24.8 Å². The summed E-state index contributed by atoms with van der Waals surface area (Å²) in [7, 11) is 0. The SMILES string of the molecule is CCOCCN1CCN(C(=O)CCC2CCNCC2)CC1CC.Cl.Cl. The van der Waals surface area contributed by atoms with Gasteiger partial charge in [-0.25, -0.2) is 0 Å². The Morgan fingerprint density at radius 3 is 2.52 bits per heavy atom. The van der Waals surface area contributed by atoms with Crippen molar-refractivity contribution in [3.05, 3.63) is 0 Å². The highest BCUT2D eigenvalue weighted by Gasteiger charge is 2.28. The molecule has 2 rings (SSSR count). The maximum atomic E-state index is 12.5. The van der Waals surface area contributed by atoms with E-state index in [2.05, 4.69) is 22.0 Å². The molecule has 2 saturated heterocycles. The van der Waals surface area contributed by atoms with Crippen LogP contribution in [0.25, 0.3) is 0 Å². The van der Waals surface area contributed by atoms with E-state index < -0.39 is 0 Å². The predicted molar refractivity (Wildman–Crippen MR) is 108 cm³/mol. The van der Waals surface area contributed by atoms with Crippen molar-refractivity contribution in [2.24, 2.45) is 5.92 Å². The van der Waals surface area contributed by atoms with Gasteiger partial charge in [0, 0.05) is 45.2 Å². The smallest absolute Gasteiger partial charge is 0.222 e. The molecule has 0 bridgehead atoms. The Bertz CT molecular complexity index is 355. The molecule has 0 radical (unpaired) electrons. The number of nitrogens with one attached hydrogen (secondary N) is 1. The van der Waals surface area contributed by atoms with Crippen LogP contribution in [0.3, 0.4) is 0 Å². The predicted octanol–water partition coefficient (Wildman–Crippen LogP) is 2.57. The molecule has 150 valence electrons. The number of piperazine rings is 1. The number of rotatable bonds is 8. The standard InChI is InChI=1S/C18H35N3O2.2ClH/c1-3-17-15-21(12-11-20(17)13-14-23-4-2)18(22)6-5-16-7-9-19-10-8-16;;/h16-17,19H,3-15H2,1-2H3;2*1H. The van der Waals surface area contributed by atoms with Crippen LogP contribution in [0.2, 0.25) is 0 Å². The monoisotopic (exact) mass is 397 g/mol. The van der Waals surface area contributed by atoms with Crippen LogP contribution in [-0.4, -0.2) is 74.2 Å². The molecular weight excluding hydrogens is 361 g/mol. The van der Waals surface area contributed by atoms with Crippen LogP contribution >= 0.6 is 24.8 Å². The first-order valence-corrected chi connectivity index (χ1v) is 9.54. The lowest BCUT2D eigenvalue weighted by molar-refractivity contribution is -0.134. The first kappa shape index (κ1) is 24.9. The zero-order valence-electron chi connectivity index (χ0n) is 15.9. The third kappa shape index (κ3) is 8.44. The van der Waals surface area contributed by atoms with Crippen molar-refractivity contribution in [1.82, 2.24) is 15.1 Å². The van der Waals surface area contributed by atoms with Crippen LogP contribution in [0.5, 0.6) is 0 Å². The highest BCUT2D eigenvalue weighted by molar-refractivity contribution is 5.85. The van der Waals surface area contributed by atoms with Crippen molar-refractivity contribution >= 4 is 30.7 Å². The fourth-order valence-corrected chi connectivity index (χ4v) is 3.78. The summed E-state index contributed by atoms with van der Waals surface area (Å²) >= 11 is 0. The molecule has 2 fully saturated rings. The normalized spacial score (nSPS) is 22.2. The molecule has 0 aromatic rings. The number of piperidine rings is 1. The molecule has 1 unspecified atom stereocenters. The van der Waals surface area contributed by atoms with Crippen molar-refractivity contribution in [2.45, 2.75) is 52.0 Å². The summed E-state index contributed by atoms with van der Waals surface area (Å²) < 4.78 is 5.48. The molecule has 5 nitrogen and oxygen atoms in total. The largest absolute Gasteiger partial charge is 0.380 e. The minimum Gasteiger partial charge on any atom is -0.380 e. The van der Waals surface area contributed by atoms with Crippen LogP contribution < -0.4 is 5.32 Å². The van der Waals surface area contributed by atoms with Crippen molar-refractivity contribution < 1.29 is 9.53 Å². The van der Waals surface area contributed by atoms with E-state index >= 15 is 0 Å². The fraction of sp³-hybridized carbons (Fsp3) is 0.944. The van der Waals surface area contributed by atoms with Gasteiger partial charge in [-0.05, 0) is 51.6 Å². The average Bonchev–Trinajstić information content (AvgIpc) is 2.61. The maximum absolute atomic E-state index is 12.5. The van der Waals surface area contributed by atoms with Crippen molar-refractivity contribution in [2.75, 3.05) is 52.5 Å². The summed E-state index contributed by atoms with van der Waals surface area (Å²) in [6, 6.07) is 0.493. The topological polar surface area (TPSA) is 44.8 Å². The molecule has 0 aromatic carbocycles. The van der Waals surface area contributed by atoms with Gasteiger partial charge >= 0.3 is 0 Å². The summed E-state index contributed by atoms with van der Waals surface area (Å²) in [5.74, 6) is 1.11. The number of amides is 1. The Balaban J connectivity index is 0.00000288. The van der Waals surface area contributed by atoms with Crippen LogP contribution in [0.15, 0.2) is 0 Å². The van der Waals surface area contributed by atoms with E-state index in [-0.39, 0.29) is 24.8 Å². The van der Waals surface area contributed by atoms with Gasteiger partial charge in [-0.3, -0.25) is 9.69 Å². The van der Waals surface area contributed by atoms with Crippen LogP contribution in [-0.2, 0) is 9.53 Å². The molecule has 1 N–H and O–H groups in total. The number of carbonyl (C=O) groups is 1. The molecule has 0 aliphatic carbocycles. The Morgan fingerprint density at radius 1 is 1.16 bits per heavy atom. The lowest BCUT2D eigenvalue weighted by atomic mass is 9.93. The molecule has 1 atom stereocenters. The Morgan fingerprint density at radius 2 is 1.88 bits per heavy atom. The second-order valence-electron chi connectivity index (χ2n) is 6.87. The molecule has 0 aromatic heterocycles. The third-order valence-corrected chi connectivity index (χ3v) is 5.38. The van der Waals surface area contributed by atoms with Gasteiger partial charge < -0.3 is 15.0 Å². The summed E-state index contributed by atoms with van der Waals surface area (Å²) in [4.78, 5) is 17.1. The molecule has 2 aliphatic heterocycles. The van der Waals surface area contributed by atoms with Crippen LogP contribution in [0, 0.1) is 5.92 Å². The molecular formula is C18H37Cl2N3O2. The number of hydrogen-bond donors (Lipinski definition) is 1. The molecule has 0 saturated carbocycles. The Kier molecular flexibility index (Phi) is 14.0. The van der Waals surface area contributed by atoms with E-state index in [4.69, 9.17) is 4.74 Å². The number of ether oxygens (including phenoxy) is 1. The lowest BCUT2D eigenvalue weighted by Gasteiger charge is -2.41. The Hall–Kier alpha value is -0.0700. The highest BCUT2D eigenvalue weighted by Crippen LogP contribution is 2.20. The minimum absolute atomic E-state index is 0. The molecule has 0 spiro atoms. The second-order valence-corrected chi connectivity index (χ2v) is 6.87. The van der Waals surface area contributed by atoms with Crippen molar-refractivity contribution in [3.63, 3.8) is 0 Å².